The zero-order valence-electron chi connectivity index (χ0n) is 11.3. The Balaban J connectivity index is 1.89. The molecule has 0 heterocycles. The maximum absolute atomic E-state index is 9.27. The predicted octanol–water partition coefficient (Wildman–Crippen LogP) is 2.78. The summed E-state index contributed by atoms with van der Waals surface area (Å²) < 4.78 is 0. The lowest BCUT2D eigenvalue weighted by Crippen LogP contribution is -2.40. The third-order valence-electron chi connectivity index (χ3n) is 3.68. The van der Waals surface area contributed by atoms with Crippen molar-refractivity contribution in [3.8, 4) is 0 Å². The van der Waals surface area contributed by atoms with Crippen LogP contribution in [0.25, 0.3) is 0 Å². The Bertz CT molecular complexity index is 401. The quantitative estimate of drug-likeness (QED) is 0.880. The number of nitrogens with two attached hydrogens (primary N) is 1. The molecule has 18 heavy (non-hydrogen) atoms. The van der Waals surface area contributed by atoms with E-state index in [9.17, 15) is 5.11 Å². The van der Waals surface area contributed by atoms with Crippen LogP contribution in [-0.2, 0) is 5.75 Å². The van der Waals surface area contributed by atoms with Gasteiger partial charge in [-0.3, -0.25) is 0 Å². The molecule has 1 aromatic carbocycles. The van der Waals surface area contributed by atoms with E-state index in [1.807, 2.05) is 11.8 Å². The first kappa shape index (κ1) is 13.9. The molecule has 2 unspecified atom stereocenters. The Morgan fingerprint density at radius 2 is 2.00 bits per heavy atom. The standard InChI is InChI=1S/C15H23NOS/c1-11-5-12(2)7-13(6-11)9-18-14-3-4-15(16,8-14)10-17/h5-7,14,17H,3-4,8-10,16H2,1-2H3. The minimum atomic E-state index is -0.319. The largest absolute Gasteiger partial charge is 0.394 e. The van der Waals surface area contributed by atoms with Crippen molar-refractivity contribution in [2.45, 2.75) is 49.7 Å². The van der Waals surface area contributed by atoms with E-state index in [1.165, 1.54) is 16.7 Å². The van der Waals surface area contributed by atoms with Gasteiger partial charge in [0.25, 0.3) is 0 Å². The summed E-state index contributed by atoms with van der Waals surface area (Å²) in [7, 11) is 0. The molecule has 0 aromatic heterocycles. The van der Waals surface area contributed by atoms with E-state index in [-0.39, 0.29) is 12.1 Å². The van der Waals surface area contributed by atoms with Gasteiger partial charge >= 0.3 is 0 Å². The summed E-state index contributed by atoms with van der Waals surface area (Å²) in [5, 5.41) is 9.87. The molecule has 1 aliphatic carbocycles. The first-order valence-electron chi connectivity index (χ1n) is 6.59. The van der Waals surface area contributed by atoms with Crippen molar-refractivity contribution in [3.63, 3.8) is 0 Å². The second kappa shape index (κ2) is 5.64. The van der Waals surface area contributed by atoms with E-state index < -0.39 is 0 Å². The van der Waals surface area contributed by atoms with Crippen molar-refractivity contribution >= 4 is 11.8 Å². The van der Waals surface area contributed by atoms with Crippen molar-refractivity contribution in [3.05, 3.63) is 34.9 Å². The summed E-state index contributed by atoms with van der Waals surface area (Å²) in [4.78, 5) is 0. The molecule has 1 aromatic rings. The lowest BCUT2D eigenvalue weighted by atomic mass is 10.0. The maximum Gasteiger partial charge on any atom is 0.0611 e. The van der Waals surface area contributed by atoms with Crippen molar-refractivity contribution < 1.29 is 5.11 Å². The van der Waals surface area contributed by atoms with Gasteiger partial charge in [-0.1, -0.05) is 29.3 Å². The van der Waals surface area contributed by atoms with E-state index in [1.54, 1.807) is 0 Å². The van der Waals surface area contributed by atoms with Crippen LogP contribution < -0.4 is 5.73 Å². The van der Waals surface area contributed by atoms with Crippen LogP contribution >= 0.6 is 11.8 Å². The van der Waals surface area contributed by atoms with Crippen molar-refractivity contribution in [1.29, 1.82) is 0 Å². The average molecular weight is 265 g/mol. The normalized spacial score (nSPS) is 27.7. The van der Waals surface area contributed by atoms with Crippen LogP contribution in [0, 0.1) is 13.8 Å². The zero-order valence-corrected chi connectivity index (χ0v) is 12.1. The molecule has 0 saturated heterocycles. The van der Waals surface area contributed by atoms with Crippen LogP contribution in [0.5, 0.6) is 0 Å². The Morgan fingerprint density at radius 3 is 2.56 bits per heavy atom. The van der Waals surface area contributed by atoms with Gasteiger partial charge in [0.15, 0.2) is 0 Å². The van der Waals surface area contributed by atoms with Crippen LogP contribution in [0.2, 0.25) is 0 Å². The van der Waals surface area contributed by atoms with Gasteiger partial charge in [0.05, 0.1) is 6.61 Å². The maximum atomic E-state index is 9.27. The van der Waals surface area contributed by atoms with Gasteiger partial charge in [0, 0.05) is 16.5 Å². The smallest absolute Gasteiger partial charge is 0.0611 e. The number of thioether (sulfide) groups is 1. The monoisotopic (exact) mass is 265 g/mol. The Morgan fingerprint density at radius 1 is 1.33 bits per heavy atom. The highest BCUT2D eigenvalue weighted by molar-refractivity contribution is 7.99. The molecule has 2 atom stereocenters. The lowest BCUT2D eigenvalue weighted by molar-refractivity contribution is 0.200. The van der Waals surface area contributed by atoms with Gasteiger partial charge in [-0.2, -0.15) is 11.8 Å². The van der Waals surface area contributed by atoms with Crippen LogP contribution in [-0.4, -0.2) is 22.5 Å². The fourth-order valence-corrected chi connectivity index (χ4v) is 4.09. The summed E-state index contributed by atoms with van der Waals surface area (Å²) in [6, 6.07) is 6.73. The van der Waals surface area contributed by atoms with Crippen LogP contribution in [0.3, 0.4) is 0 Å². The van der Waals surface area contributed by atoms with Crippen molar-refractivity contribution in [2.75, 3.05) is 6.61 Å². The van der Waals surface area contributed by atoms with Gasteiger partial charge in [-0.25, -0.2) is 0 Å². The molecular formula is C15H23NOS. The number of benzene rings is 1. The number of aliphatic hydroxyl groups excluding tert-OH is 1. The Kier molecular flexibility index (Phi) is 4.36. The molecule has 100 valence electrons. The lowest BCUT2D eigenvalue weighted by Gasteiger charge is -2.20. The SMILES string of the molecule is Cc1cc(C)cc(CSC2CCC(N)(CO)C2)c1. The van der Waals surface area contributed by atoms with Gasteiger partial charge in [0.2, 0.25) is 0 Å². The van der Waals surface area contributed by atoms with E-state index in [0.29, 0.717) is 5.25 Å². The molecule has 1 saturated carbocycles. The zero-order chi connectivity index (χ0) is 13.2. The number of hydrogen-bond donors (Lipinski definition) is 2. The topological polar surface area (TPSA) is 46.2 Å². The third kappa shape index (κ3) is 3.50. The van der Waals surface area contributed by atoms with Crippen LogP contribution in [0.4, 0.5) is 0 Å². The first-order chi connectivity index (χ1) is 8.50. The Labute approximate surface area is 114 Å². The third-order valence-corrected chi connectivity index (χ3v) is 5.05. The molecule has 0 aliphatic heterocycles. The first-order valence-corrected chi connectivity index (χ1v) is 7.64. The summed E-state index contributed by atoms with van der Waals surface area (Å²) in [6.45, 7) is 4.41. The van der Waals surface area contributed by atoms with Gasteiger partial charge in [0.1, 0.15) is 0 Å². The molecule has 0 bridgehead atoms. The highest BCUT2D eigenvalue weighted by Crippen LogP contribution is 2.36. The van der Waals surface area contributed by atoms with Gasteiger partial charge in [-0.05, 0) is 38.7 Å². The molecule has 1 fully saturated rings. The molecular weight excluding hydrogens is 242 g/mol. The number of aliphatic hydroxyl groups is 1. The highest BCUT2D eigenvalue weighted by atomic mass is 32.2. The predicted molar refractivity (Wildman–Crippen MR) is 78.9 cm³/mol. The minimum Gasteiger partial charge on any atom is -0.394 e. The molecule has 3 heteroatoms. The molecule has 0 amide bonds. The summed E-state index contributed by atoms with van der Waals surface area (Å²) in [5.41, 5.74) is 9.85. The minimum absolute atomic E-state index is 0.119. The fraction of sp³-hybridized carbons (Fsp3) is 0.600. The van der Waals surface area contributed by atoms with Crippen LogP contribution in [0.15, 0.2) is 18.2 Å². The molecule has 1 aliphatic rings. The second-order valence-corrected chi connectivity index (χ2v) is 6.98. The number of aryl methyl sites for hydroxylation is 2. The average Bonchev–Trinajstić information content (AvgIpc) is 2.68. The van der Waals surface area contributed by atoms with Gasteiger partial charge in [-0.15, -0.1) is 0 Å². The van der Waals surface area contributed by atoms with E-state index in [4.69, 9.17) is 5.73 Å². The summed E-state index contributed by atoms with van der Waals surface area (Å²) in [5.74, 6) is 1.05. The van der Waals surface area contributed by atoms with Crippen molar-refractivity contribution in [2.24, 2.45) is 5.73 Å². The fourth-order valence-electron chi connectivity index (χ4n) is 2.76. The molecule has 0 radical (unpaired) electrons. The molecule has 0 spiro atoms. The molecule has 3 N–H and O–H groups in total. The highest BCUT2D eigenvalue weighted by Gasteiger charge is 2.35. The number of hydrogen-bond acceptors (Lipinski definition) is 3. The molecule has 2 rings (SSSR count). The van der Waals surface area contributed by atoms with E-state index in [2.05, 4.69) is 32.0 Å². The van der Waals surface area contributed by atoms with E-state index in [0.717, 1.165) is 25.0 Å². The Hall–Kier alpha value is -0.510. The molecule has 2 nitrogen and oxygen atoms in total. The summed E-state index contributed by atoms with van der Waals surface area (Å²) in [6.07, 6.45) is 3.03. The van der Waals surface area contributed by atoms with Gasteiger partial charge < -0.3 is 10.8 Å². The second-order valence-electron chi connectivity index (χ2n) is 5.69. The number of rotatable bonds is 4. The van der Waals surface area contributed by atoms with Crippen molar-refractivity contribution in [1.82, 2.24) is 0 Å². The van der Waals surface area contributed by atoms with E-state index >= 15 is 0 Å². The summed E-state index contributed by atoms with van der Waals surface area (Å²) >= 11 is 1.98. The van der Waals surface area contributed by atoms with Crippen LogP contribution in [0.1, 0.15) is 36.0 Å².